The van der Waals surface area contributed by atoms with Crippen molar-refractivity contribution in [2.75, 3.05) is 5.88 Å². The van der Waals surface area contributed by atoms with E-state index in [1.54, 1.807) is 16.7 Å². The summed E-state index contributed by atoms with van der Waals surface area (Å²) in [5, 5.41) is 1.93. The van der Waals surface area contributed by atoms with Gasteiger partial charge in [-0.25, -0.2) is 0 Å². The van der Waals surface area contributed by atoms with Crippen LogP contribution in [-0.4, -0.2) is 16.7 Å². The zero-order chi connectivity index (χ0) is 9.10. The van der Waals surface area contributed by atoms with E-state index in [1.807, 2.05) is 41.9 Å². The van der Waals surface area contributed by atoms with E-state index in [1.165, 1.54) is 0 Å². The van der Waals surface area contributed by atoms with Gasteiger partial charge in [0.1, 0.15) is 0 Å². The number of amides is 1. The van der Waals surface area contributed by atoms with Crippen molar-refractivity contribution < 1.29 is 4.79 Å². The van der Waals surface area contributed by atoms with Crippen LogP contribution >= 0.6 is 11.8 Å². The van der Waals surface area contributed by atoms with Crippen molar-refractivity contribution in [3.8, 4) is 0 Å². The lowest BCUT2D eigenvalue weighted by Crippen LogP contribution is -2.22. The molecule has 1 aromatic carbocycles. The fraction of sp³-hybridized carbons (Fsp3) is 0.100. The molecule has 0 atom stereocenters. The zero-order valence-corrected chi connectivity index (χ0v) is 7.83. The van der Waals surface area contributed by atoms with E-state index in [2.05, 4.69) is 0 Å². The molecular formula is C10H9NOS. The van der Waals surface area contributed by atoms with E-state index in [-0.39, 0.29) is 5.91 Å². The largest absolute Gasteiger partial charge is 0.304 e. The Kier molecular flexibility index (Phi) is 2.36. The van der Waals surface area contributed by atoms with Gasteiger partial charge >= 0.3 is 0 Å². The van der Waals surface area contributed by atoms with Crippen molar-refractivity contribution in [1.29, 1.82) is 0 Å². The second-order valence-electron chi connectivity index (χ2n) is 2.72. The van der Waals surface area contributed by atoms with Crippen LogP contribution in [0.5, 0.6) is 0 Å². The maximum Gasteiger partial charge on any atom is 0.258 e. The molecular weight excluding hydrogens is 182 g/mol. The number of hydrogen-bond acceptors (Lipinski definition) is 2. The zero-order valence-electron chi connectivity index (χ0n) is 7.01. The number of nitrogens with zero attached hydrogens (tertiary/aromatic N) is 1. The molecule has 0 spiro atoms. The van der Waals surface area contributed by atoms with Crippen LogP contribution in [0, 0.1) is 0 Å². The molecule has 0 bridgehead atoms. The molecule has 0 saturated heterocycles. The molecule has 66 valence electrons. The third kappa shape index (κ3) is 1.75. The van der Waals surface area contributed by atoms with Crippen molar-refractivity contribution in [2.45, 2.75) is 0 Å². The van der Waals surface area contributed by atoms with Crippen LogP contribution in [0.1, 0.15) is 10.4 Å². The summed E-state index contributed by atoms with van der Waals surface area (Å²) in [5.74, 6) is 0.801. The second kappa shape index (κ2) is 3.66. The lowest BCUT2D eigenvalue weighted by molar-refractivity contribution is 0.0846. The standard InChI is InChI=1S/C10H9NOS/c12-10(11-6-7-13-8-11)9-4-2-1-3-5-9/h1-7H,8H2. The van der Waals surface area contributed by atoms with Crippen molar-refractivity contribution in [3.05, 3.63) is 47.5 Å². The molecule has 0 fully saturated rings. The molecule has 1 aromatic rings. The van der Waals surface area contributed by atoms with Crippen molar-refractivity contribution in [2.24, 2.45) is 0 Å². The van der Waals surface area contributed by atoms with Crippen molar-refractivity contribution in [1.82, 2.24) is 4.90 Å². The predicted molar refractivity (Wildman–Crippen MR) is 54.2 cm³/mol. The smallest absolute Gasteiger partial charge is 0.258 e. The molecule has 2 nitrogen and oxygen atoms in total. The summed E-state index contributed by atoms with van der Waals surface area (Å²) in [4.78, 5) is 13.4. The maximum atomic E-state index is 11.7. The summed E-state index contributed by atoms with van der Waals surface area (Å²) in [6, 6.07) is 9.32. The normalized spacial score (nSPS) is 14.9. The molecule has 0 unspecified atom stereocenters. The summed E-state index contributed by atoms with van der Waals surface area (Å²) in [7, 11) is 0. The van der Waals surface area contributed by atoms with Gasteiger partial charge in [-0.3, -0.25) is 4.79 Å². The Morgan fingerprint density at radius 3 is 2.69 bits per heavy atom. The molecule has 1 aliphatic heterocycles. The van der Waals surface area contributed by atoms with E-state index < -0.39 is 0 Å². The first-order valence-electron chi connectivity index (χ1n) is 4.02. The molecule has 2 rings (SSSR count). The molecule has 3 heteroatoms. The van der Waals surface area contributed by atoms with Crippen molar-refractivity contribution >= 4 is 17.7 Å². The van der Waals surface area contributed by atoms with Crippen LogP contribution in [0.15, 0.2) is 41.9 Å². The highest BCUT2D eigenvalue weighted by atomic mass is 32.2. The first-order valence-corrected chi connectivity index (χ1v) is 5.07. The molecule has 13 heavy (non-hydrogen) atoms. The fourth-order valence-corrected chi connectivity index (χ4v) is 1.84. The van der Waals surface area contributed by atoms with Crippen LogP contribution in [0.4, 0.5) is 0 Å². The van der Waals surface area contributed by atoms with E-state index in [4.69, 9.17) is 0 Å². The van der Waals surface area contributed by atoms with Crippen LogP contribution in [0.2, 0.25) is 0 Å². The number of carbonyl (C=O) groups excluding carboxylic acids is 1. The Morgan fingerprint density at radius 1 is 1.31 bits per heavy atom. The van der Waals surface area contributed by atoms with Gasteiger partial charge in [0.05, 0.1) is 5.88 Å². The average Bonchev–Trinajstić information content (AvgIpc) is 2.71. The molecule has 0 saturated carbocycles. The predicted octanol–water partition coefficient (Wildman–Crippen LogP) is 2.30. The van der Waals surface area contributed by atoms with Gasteiger partial charge in [-0.1, -0.05) is 18.2 Å². The summed E-state index contributed by atoms with van der Waals surface area (Å²) in [6.45, 7) is 0. The minimum atomic E-state index is 0.0712. The third-order valence-electron chi connectivity index (χ3n) is 1.83. The maximum absolute atomic E-state index is 11.7. The minimum Gasteiger partial charge on any atom is -0.304 e. The summed E-state index contributed by atoms with van der Waals surface area (Å²) < 4.78 is 0. The molecule has 0 radical (unpaired) electrons. The second-order valence-corrected chi connectivity index (χ2v) is 3.59. The number of thioether (sulfide) groups is 1. The lowest BCUT2D eigenvalue weighted by atomic mass is 10.2. The summed E-state index contributed by atoms with van der Waals surface area (Å²) in [6.07, 6.45) is 1.82. The van der Waals surface area contributed by atoms with Crippen LogP contribution < -0.4 is 0 Å². The molecule has 0 aliphatic carbocycles. The highest BCUT2D eigenvalue weighted by molar-refractivity contribution is 8.02. The minimum absolute atomic E-state index is 0.0712. The van der Waals surface area contributed by atoms with Gasteiger partial charge < -0.3 is 4.90 Å². The SMILES string of the molecule is O=C(c1ccccc1)N1C=CSC1. The molecule has 1 amide bonds. The van der Waals surface area contributed by atoms with Gasteiger partial charge in [-0.2, -0.15) is 0 Å². The van der Waals surface area contributed by atoms with Crippen LogP contribution in [-0.2, 0) is 0 Å². The van der Waals surface area contributed by atoms with E-state index in [0.29, 0.717) is 0 Å². The Hall–Kier alpha value is -1.22. The topological polar surface area (TPSA) is 20.3 Å². The average molecular weight is 191 g/mol. The lowest BCUT2D eigenvalue weighted by Gasteiger charge is -2.11. The van der Waals surface area contributed by atoms with Gasteiger partial charge in [0.15, 0.2) is 0 Å². The highest BCUT2D eigenvalue weighted by Gasteiger charge is 2.14. The van der Waals surface area contributed by atoms with Gasteiger partial charge in [-0.05, 0) is 17.5 Å². The number of hydrogen-bond donors (Lipinski definition) is 0. The number of carbonyl (C=O) groups is 1. The Balaban J connectivity index is 2.18. The molecule has 0 aromatic heterocycles. The number of rotatable bonds is 1. The molecule has 0 N–H and O–H groups in total. The van der Waals surface area contributed by atoms with E-state index in [0.717, 1.165) is 11.4 Å². The van der Waals surface area contributed by atoms with Gasteiger partial charge in [0.2, 0.25) is 0 Å². The molecule has 1 aliphatic rings. The number of benzene rings is 1. The summed E-state index contributed by atoms with van der Waals surface area (Å²) >= 11 is 1.63. The third-order valence-corrected chi connectivity index (χ3v) is 2.57. The highest BCUT2D eigenvalue weighted by Crippen LogP contribution is 2.17. The van der Waals surface area contributed by atoms with E-state index >= 15 is 0 Å². The van der Waals surface area contributed by atoms with Crippen LogP contribution in [0.3, 0.4) is 0 Å². The summed E-state index contributed by atoms with van der Waals surface area (Å²) in [5.41, 5.74) is 0.745. The fourth-order valence-electron chi connectivity index (χ4n) is 1.16. The van der Waals surface area contributed by atoms with E-state index in [9.17, 15) is 4.79 Å². The Bertz CT molecular complexity index is 334. The van der Waals surface area contributed by atoms with Gasteiger partial charge in [0, 0.05) is 11.8 Å². The quantitative estimate of drug-likeness (QED) is 0.679. The van der Waals surface area contributed by atoms with Gasteiger partial charge in [0.25, 0.3) is 5.91 Å². The van der Waals surface area contributed by atoms with Crippen molar-refractivity contribution in [3.63, 3.8) is 0 Å². The Morgan fingerprint density at radius 2 is 2.08 bits per heavy atom. The monoisotopic (exact) mass is 191 g/mol. The van der Waals surface area contributed by atoms with Crippen LogP contribution in [0.25, 0.3) is 0 Å². The van der Waals surface area contributed by atoms with Gasteiger partial charge in [-0.15, -0.1) is 11.8 Å². The first kappa shape index (κ1) is 8.38. The molecule has 1 heterocycles. The Labute approximate surface area is 81.2 Å². The first-order chi connectivity index (χ1) is 6.38.